The standard InChI is InChI=1S/C14H13N3OS/c1-9-3-11(5-15-4-9)6-17-8-16-12-10(2)7-19-13(12)14(17)18/h3-5,7-8H,6H2,1-2H3. The Morgan fingerprint density at radius 1 is 1.32 bits per heavy atom. The molecular weight excluding hydrogens is 258 g/mol. The second-order valence-corrected chi connectivity index (χ2v) is 5.52. The summed E-state index contributed by atoms with van der Waals surface area (Å²) in [6.45, 7) is 4.47. The van der Waals surface area contributed by atoms with Crippen molar-refractivity contribution in [3.8, 4) is 0 Å². The maximum absolute atomic E-state index is 12.3. The Morgan fingerprint density at radius 2 is 2.16 bits per heavy atom. The van der Waals surface area contributed by atoms with Crippen molar-refractivity contribution in [2.24, 2.45) is 0 Å². The van der Waals surface area contributed by atoms with Gasteiger partial charge in [0.05, 0.1) is 18.4 Å². The van der Waals surface area contributed by atoms with Crippen LogP contribution in [-0.4, -0.2) is 14.5 Å². The molecule has 3 aromatic rings. The fourth-order valence-electron chi connectivity index (χ4n) is 2.07. The first kappa shape index (κ1) is 12.0. The number of fused-ring (bicyclic) bond motifs is 1. The lowest BCUT2D eigenvalue weighted by atomic mass is 10.2. The molecule has 5 heteroatoms. The van der Waals surface area contributed by atoms with Crippen molar-refractivity contribution in [1.29, 1.82) is 0 Å². The van der Waals surface area contributed by atoms with E-state index in [-0.39, 0.29) is 5.56 Å². The number of hydrogen-bond acceptors (Lipinski definition) is 4. The van der Waals surface area contributed by atoms with E-state index in [2.05, 4.69) is 9.97 Å². The van der Waals surface area contributed by atoms with Crippen LogP contribution in [0.5, 0.6) is 0 Å². The molecule has 0 aromatic carbocycles. The number of aryl methyl sites for hydroxylation is 2. The topological polar surface area (TPSA) is 47.8 Å². The van der Waals surface area contributed by atoms with Gasteiger partial charge in [0, 0.05) is 12.4 Å². The van der Waals surface area contributed by atoms with Crippen molar-refractivity contribution in [2.45, 2.75) is 20.4 Å². The Bertz CT molecular complexity index is 804. The summed E-state index contributed by atoms with van der Waals surface area (Å²) in [6.07, 6.45) is 5.20. The lowest BCUT2D eigenvalue weighted by Gasteiger charge is -2.05. The molecule has 0 atom stereocenters. The number of rotatable bonds is 2. The molecule has 0 aliphatic rings. The zero-order valence-electron chi connectivity index (χ0n) is 10.8. The number of thiophene rings is 1. The lowest BCUT2D eigenvalue weighted by Crippen LogP contribution is -2.20. The molecule has 0 unspecified atom stereocenters. The number of hydrogen-bond donors (Lipinski definition) is 0. The molecule has 0 saturated heterocycles. The summed E-state index contributed by atoms with van der Waals surface area (Å²) < 4.78 is 2.36. The monoisotopic (exact) mass is 271 g/mol. The van der Waals surface area contributed by atoms with Crippen LogP contribution in [0.3, 0.4) is 0 Å². The lowest BCUT2D eigenvalue weighted by molar-refractivity contribution is 0.746. The van der Waals surface area contributed by atoms with Gasteiger partial charge in [-0.25, -0.2) is 4.98 Å². The molecule has 0 amide bonds. The molecule has 0 N–H and O–H groups in total. The molecule has 0 spiro atoms. The van der Waals surface area contributed by atoms with Gasteiger partial charge in [-0.1, -0.05) is 6.07 Å². The van der Waals surface area contributed by atoms with Crippen LogP contribution in [-0.2, 0) is 6.54 Å². The summed E-state index contributed by atoms with van der Waals surface area (Å²) in [5.74, 6) is 0. The Balaban J connectivity index is 2.06. The maximum atomic E-state index is 12.3. The molecule has 0 aliphatic carbocycles. The van der Waals surface area contributed by atoms with E-state index >= 15 is 0 Å². The quantitative estimate of drug-likeness (QED) is 0.719. The van der Waals surface area contributed by atoms with E-state index in [1.54, 1.807) is 23.3 Å². The first-order valence-electron chi connectivity index (χ1n) is 5.99. The highest BCUT2D eigenvalue weighted by Gasteiger charge is 2.08. The van der Waals surface area contributed by atoms with Gasteiger partial charge in [-0.3, -0.25) is 14.3 Å². The highest BCUT2D eigenvalue weighted by Crippen LogP contribution is 2.19. The van der Waals surface area contributed by atoms with Crippen LogP contribution in [0.1, 0.15) is 16.7 Å². The average molecular weight is 271 g/mol. The van der Waals surface area contributed by atoms with Gasteiger partial charge in [0.15, 0.2) is 0 Å². The third-order valence-corrected chi connectivity index (χ3v) is 4.08. The van der Waals surface area contributed by atoms with Crippen molar-refractivity contribution < 1.29 is 0 Å². The molecule has 0 bridgehead atoms. The van der Waals surface area contributed by atoms with E-state index in [0.29, 0.717) is 6.54 Å². The van der Waals surface area contributed by atoms with E-state index < -0.39 is 0 Å². The number of nitrogens with zero attached hydrogens (tertiary/aromatic N) is 3. The second kappa shape index (κ2) is 4.59. The van der Waals surface area contributed by atoms with Gasteiger partial charge in [0.25, 0.3) is 5.56 Å². The van der Waals surface area contributed by atoms with E-state index in [1.807, 2.05) is 25.3 Å². The molecule has 3 aromatic heterocycles. The van der Waals surface area contributed by atoms with Crippen LogP contribution < -0.4 is 5.56 Å². The van der Waals surface area contributed by atoms with Gasteiger partial charge < -0.3 is 0 Å². The van der Waals surface area contributed by atoms with Crippen molar-refractivity contribution in [3.63, 3.8) is 0 Å². The molecular formula is C14H13N3OS. The maximum Gasteiger partial charge on any atom is 0.271 e. The number of aromatic nitrogens is 3. The molecule has 19 heavy (non-hydrogen) atoms. The van der Waals surface area contributed by atoms with Gasteiger partial charge in [0.2, 0.25) is 0 Å². The van der Waals surface area contributed by atoms with Crippen molar-refractivity contribution >= 4 is 21.6 Å². The smallest absolute Gasteiger partial charge is 0.271 e. The first-order valence-corrected chi connectivity index (χ1v) is 6.87. The Kier molecular flexibility index (Phi) is 2.91. The summed E-state index contributed by atoms with van der Waals surface area (Å²) in [4.78, 5) is 20.9. The molecule has 0 radical (unpaired) electrons. The van der Waals surface area contributed by atoms with Crippen molar-refractivity contribution in [3.05, 3.63) is 57.2 Å². The van der Waals surface area contributed by atoms with Crippen molar-refractivity contribution in [2.75, 3.05) is 0 Å². The molecule has 3 rings (SSSR count). The molecule has 3 heterocycles. The third kappa shape index (κ3) is 2.17. The van der Waals surface area contributed by atoms with Crippen LogP contribution in [0.2, 0.25) is 0 Å². The van der Waals surface area contributed by atoms with E-state index in [4.69, 9.17) is 0 Å². The summed E-state index contributed by atoms with van der Waals surface area (Å²) in [5.41, 5.74) is 3.99. The SMILES string of the molecule is Cc1cncc(Cn2cnc3c(C)csc3c2=O)c1. The summed E-state index contributed by atoms with van der Waals surface area (Å²) >= 11 is 1.46. The van der Waals surface area contributed by atoms with E-state index in [0.717, 1.165) is 26.9 Å². The first-order chi connectivity index (χ1) is 9.15. The number of pyridine rings is 1. The van der Waals surface area contributed by atoms with Gasteiger partial charge >= 0.3 is 0 Å². The zero-order chi connectivity index (χ0) is 13.4. The predicted molar refractivity (Wildman–Crippen MR) is 76.7 cm³/mol. The third-order valence-electron chi connectivity index (χ3n) is 3.01. The average Bonchev–Trinajstić information content (AvgIpc) is 2.76. The Labute approximate surface area is 114 Å². The van der Waals surface area contributed by atoms with Gasteiger partial charge in [-0.2, -0.15) is 0 Å². The summed E-state index contributed by atoms with van der Waals surface area (Å²) in [5, 5.41) is 1.97. The molecule has 0 saturated carbocycles. The highest BCUT2D eigenvalue weighted by molar-refractivity contribution is 7.17. The Hall–Kier alpha value is -2.01. The van der Waals surface area contributed by atoms with Crippen LogP contribution in [0, 0.1) is 13.8 Å². The zero-order valence-corrected chi connectivity index (χ0v) is 11.6. The predicted octanol–water partition coefficient (Wildman–Crippen LogP) is 2.52. The molecule has 96 valence electrons. The molecule has 0 fully saturated rings. The minimum absolute atomic E-state index is 0.0182. The summed E-state index contributed by atoms with van der Waals surface area (Å²) in [6, 6.07) is 2.03. The van der Waals surface area contributed by atoms with Crippen LogP contribution in [0.15, 0.2) is 35.0 Å². The fraction of sp³-hybridized carbons (Fsp3) is 0.214. The van der Waals surface area contributed by atoms with Gasteiger partial charge in [-0.05, 0) is 35.9 Å². The van der Waals surface area contributed by atoms with Crippen LogP contribution in [0.25, 0.3) is 10.2 Å². The van der Waals surface area contributed by atoms with Crippen molar-refractivity contribution in [1.82, 2.24) is 14.5 Å². The highest BCUT2D eigenvalue weighted by atomic mass is 32.1. The largest absolute Gasteiger partial charge is 0.293 e. The van der Waals surface area contributed by atoms with Crippen LogP contribution >= 0.6 is 11.3 Å². The van der Waals surface area contributed by atoms with Crippen LogP contribution in [0.4, 0.5) is 0 Å². The van der Waals surface area contributed by atoms with E-state index in [9.17, 15) is 4.79 Å². The summed E-state index contributed by atoms with van der Waals surface area (Å²) in [7, 11) is 0. The molecule has 4 nitrogen and oxygen atoms in total. The van der Waals surface area contributed by atoms with E-state index in [1.165, 1.54) is 11.3 Å². The normalized spacial score (nSPS) is 11.1. The minimum atomic E-state index is 0.0182. The molecule has 0 aliphatic heterocycles. The van der Waals surface area contributed by atoms with Gasteiger partial charge in [0.1, 0.15) is 4.70 Å². The van der Waals surface area contributed by atoms with Gasteiger partial charge in [-0.15, -0.1) is 11.3 Å². The Morgan fingerprint density at radius 3 is 2.95 bits per heavy atom. The minimum Gasteiger partial charge on any atom is -0.293 e. The fourth-order valence-corrected chi connectivity index (χ4v) is 3.02. The second-order valence-electron chi connectivity index (χ2n) is 4.64.